The Balaban J connectivity index is 1.23. The van der Waals surface area contributed by atoms with Crippen LogP contribution in [0, 0.1) is 0 Å². The van der Waals surface area contributed by atoms with Gasteiger partial charge in [-0.05, 0) is 31.0 Å². The number of ether oxygens (including phenoxy) is 2. The maximum absolute atomic E-state index is 12.1. The molecule has 2 aromatic carbocycles. The molecular weight excluding hydrogens is 390 g/mol. The Hall–Kier alpha value is -2.57. The van der Waals surface area contributed by atoms with Gasteiger partial charge in [0.1, 0.15) is 0 Å². The van der Waals surface area contributed by atoms with Crippen LogP contribution in [0.5, 0.6) is 11.5 Å². The molecule has 1 saturated heterocycles. The van der Waals surface area contributed by atoms with E-state index in [4.69, 9.17) is 9.47 Å². The van der Waals surface area contributed by atoms with Crippen LogP contribution in [0.4, 0.5) is 0 Å². The standard InChI is InChI=1S/C25H35N3O3/c1-2-30-23-11-6-7-12-24(23)31-20-8-13-25(29)26-14-15-27-16-18-28(19-17-27)21-22-9-4-3-5-10-22/h3-7,9-12H,2,8,13-21H2,1H3,(H,26,29). The van der Waals surface area contributed by atoms with Gasteiger partial charge < -0.3 is 14.8 Å². The molecule has 1 heterocycles. The Morgan fingerprint density at radius 2 is 1.55 bits per heavy atom. The molecule has 1 fully saturated rings. The molecule has 0 unspecified atom stereocenters. The molecule has 1 aliphatic heterocycles. The Morgan fingerprint density at radius 3 is 2.26 bits per heavy atom. The Bertz CT molecular complexity index is 777. The van der Waals surface area contributed by atoms with Crippen molar-refractivity contribution in [2.75, 3.05) is 52.5 Å². The summed E-state index contributed by atoms with van der Waals surface area (Å²) in [6.45, 7) is 9.92. The monoisotopic (exact) mass is 425 g/mol. The summed E-state index contributed by atoms with van der Waals surface area (Å²) in [6, 6.07) is 18.3. The largest absolute Gasteiger partial charge is 0.490 e. The van der Waals surface area contributed by atoms with Crippen LogP contribution in [0.25, 0.3) is 0 Å². The zero-order valence-electron chi connectivity index (χ0n) is 18.6. The number of carbonyl (C=O) groups is 1. The second-order valence-electron chi connectivity index (χ2n) is 7.79. The van der Waals surface area contributed by atoms with Gasteiger partial charge in [0.05, 0.1) is 13.2 Å². The number of piperazine rings is 1. The van der Waals surface area contributed by atoms with E-state index >= 15 is 0 Å². The molecule has 0 aliphatic carbocycles. The van der Waals surface area contributed by atoms with Crippen LogP contribution >= 0.6 is 0 Å². The number of hydrogen-bond acceptors (Lipinski definition) is 5. The van der Waals surface area contributed by atoms with E-state index in [9.17, 15) is 4.79 Å². The number of para-hydroxylation sites is 2. The molecule has 0 spiro atoms. The molecular formula is C25H35N3O3. The molecule has 0 aromatic heterocycles. The van der Waals surface area contributed by atoms with Gasteiger partial charge in [-0.1, -0.05) is 42.5 Å². The lowest BCUT2D eigenvalue weighted by Crippen LogP contribution is -2.48. The lowest BCUT2D eigenvalue weighted by Gasteiger charge is -2.34. The van der Waals surface area contributed by atoms with E-state index in [-0.39, 0.29) is 5.91 Å². The molecule has 6 heteroatoms. The SMILES string of the molecule is CCOc1ccccc1OCCCC(=O)NCCN1CCN(Cc2ccccc2)CC1. The molecule has 168 valence electrons. The Morgan fingerprint density at radius 1 is 0.903 bits per heavy atom. The second kappa shape index (κ2) is 13.0. The first kappa shape index (κ1) is 23.1. The summed E-state index contributed by atoms with van der Waals surface area (Å²) in [6.07, 6.45) is 1.16. The molecule has 3 rings (SSSR count). The van der Waals surface area contributed by atoms with Crippen LogP contribution in [0.1, 0.15) is 25.3 Å². The summed E-state index contributed by atoms with van der Waals surface area (Å²) in [4.78, 5) is 17.0. The molecule has 1 aliphatic rings. The first-order chi connectivity index (χ1) is 15.2. The maximum Gasteiger partial charge on any atom is 0.220 e. The van der Waals surface area contributed by atoms with Crippen LogP contribution in [0.3, 0.4) is 0 Å². The summed E-state index contributed by atoms with van der Waals surface area (Å²) in [7, 11) is 0. The van der Waals surface area contributed by atoms with Crippen molar-refractivity contribution in [3.05, 3.63) is 60.2 Å². The normalized spacial score (nSPS) is 14.9. The number of benzene rings is 2. The van der Waals surface area contributed by atoms with E-state index in [0.29, 0.717) is 32.6 Å². The van der Waals surface area contributed by atoms with Crippen molar-refractivity contribution in [2.24, 2.45) is 0 Å². The fourth-order valence-electron chi connectivity index (χ4n) is 3.71. The summed E-state index contributed by atoms with van der Waals surface area (Å²) in [5.74, 6) is 1.57. The zero-order chi connectivity index (χ0) is 21.7. The Kier molecular flexibility index (Phi) is 9.67. The maximum atomic E-state index is 12.1. The molecule has 6 nitrogen and oxygen atoms in total. The van der Waals surface area contributed by atoms with Crippen molar-refractivity contribution in [3.63, 3.8) is 0 Å². The highest BCUT2D eigenvalue weighted by Gasteiger charge is 2.16. The number of hydrogen-bond donors (Lipinski definition) is 1. The fourth-order valence-corrected chi connectivity index (χ4v) is 3.71. The summed E-state index contributed by atoms with van der Waals surface area (Å²) in [5.41, 5.74) is 1.37. The van der Waals surface area contributed by atoms with E-state index in [2.05, 4.69) is 45.4 Å². The van der Waals surface area contributed by atoms with Crippen LogP contribution in [-0.4, -0.2) is 68.2 Å². The number of carbonyl (C=O) groups excluding carboxylic acids is 1. The molecule has 1 amide bonds. The quantitative estimate of drug-likeness (QED) is 0.530. The van der Waals surface area contributed by atoms with Crippen molar-refractivity contribution < 1.29 is 14.3 Å². The number of nitrogens with one attached hydrogen (secondary N) is 1. The van der Waals surface area contributed by atoms with Crippen molar-refractivity contribution in [2.45, 2.75) is 26.3 Å². The molecule has 1 N–H and O–H groups in total. The summed E-state index contributed by atoms with van der Waals surface area (Å²) >= 11 is 0. The molecule has 2 aromatic rings. The summed E-state index contributed by atoms with van der Waals surface area (Å²) < 4.78 is 11.3. The van der Waals surface area contributed by atoms with Gasteiger partial charge in [-0.2, -0.15) is 0 Å². The van der Waals surface area contributed by atoms with E-state index in [1.165, 1.54) is 5.56 Å². The molecule has 0 atom stereocenters. The third-order valence-corrected chi connectivity index (χ3v) is 5.42. The van der Waals surface area contributed by atoms with Crippen molar-refractivity contribution in [3.8, 4) is 11.5 Å². The predicted molar refractivity (Wildman–Crippen MR) is 124 cm³/mol. The van der Waals surface area contributed by atoms with Crippen LogP contribution in [-0.2, 0) is 11.3 Å². The smallest absolute Gasteiger partial charge is 0.220 e. The minimum Gasteiger partial charge on any atom is -0.490 e. The minimum atomic E-state index is 0.0874. The van der Waals surface area contributed by atoms with Gasteiger partial charge in [0, 0.05) is 52.2 Å². The second-order valence-corrected chi connectivity index (χ2v) is 7.79. The van der Waals surface area contributed by atoms with E-state index in [0.717, 1.165) is 50.8 Å². The number of amides is 1. The number of nitrogens with zero attached hydrogens (tertiary/aromatic N) is 2. The van der Waals surface area contributed by atoms with Crippen LogP contribution < -0.4 is 14.8 Å². The summed E-state index contributed by atoms with van der Waals surface area (Å²) in [5, 5.41) is 3.04. The first-order valence-electron chi connectivity index (χ1n) is 11.3. The van der Waals surface area contributed by atoms with Crippen molar-refractivity contribution in [1.29, 1.82) is 0 Å². The Labute approximate surface area is 186 Å². The number of rotatable bonds is 12. The highest BCUT2D eigenvalue weighted by molar-refractivity contribution is 5.75. The van der Waals surface area contributed by atoms with Crippen molar-refractivity contribution >= 4 is 5.91 Å². The zero-order valence-corrected chi connectivity index (χ0v) is 18.6. The van der Waals surface area contributed by atoms with Gasteiger partial charge >= 0.3 is 0 Å². The van der Waals surface area contributed by atoms with Gasteiger partial charge in [-0.25, -0.2) is 0 Å². The fraction of sp³-hybridized carbons (Fsp3) is 0.480. The average Bonchev–Trinajstić information content (AvgIpc) is 2.80. The topological polar surface area (TPSA) is 54.0 Å². The first-order valence-corrected chi connectivity index (χ1v) is 11.3. The van der Waals surface area contributed by atoms with Crippen LogP contribution in [0.2, 0.25) is 0 Å². The molecule has 0 bridgehead atoms. The predicted octanol–water partition coefficient (Wildman–Crippen LogP) is 3.18. The lowest BCUT2D eigenvalue weighted by atomic mass is 10.2. The van der Waals surface area contributed by atoms with Gasteiger partial charge in [0.15, 0.2) is 11.5 Å². The van der Waals surface area contributed by atoms with Gasteiger partial charge in [0.2, 0.25) is 5.91 Å². The van der Waals surface area contributed by atoms with E-state index in [1.807, 2.05) is 31.2 Å². The van der Waals surface area contributed by atoms with Gasteiger partial charge in [-0.15, -0.1) is 0 Å². The van der Waals surface area contributed by atoms with E-state index < -0.39 is 0 Å². The van der Waals surface area contributed by atoms with Crippen molar-refractivity contribution in [1.82, 2.24) is 15.1 Å². The van der Waals surface area contributed by atoms with E-state index in [1.54, 1.807) is 0 Å². The third-order valence-electron chi connectivity index (χ3n) is 5.42. The molecule has 0 radical (unpaired) electrons. The van der Waals surface area contributed by atoms with Gasteiger partial charge in [-0.3, -0.25) is 14.6 Å². The van der Waals surface area contributed by atoms with Crippen LogP contribution in [0.15, 0.2) is 54.6 Å². The average molecular weight is 426 g/mol. The highest BCUT2D eigenvalue weighted by atomic mass is 16.5. The molecule has 0 saturated carbocycles. The minimum absolute atomic E-state index is 0.0874. The molecule has 31 heavy (non-hydrogen) atoms. The third kappa shape index (κ3) is 8.23. The van der Waals surface area contributed by atoms with Gasteiger partial charge in [0.25, 0.3) is 0 Å². The highest BCUT2D eigenvalue weighted by Crippen LogP contribution is 2.26. The lowest BCUT2D eigenvalue weighted by molar-refractivity contribution is -0.121.